The molecule has 5 heteroatoms. The molecule has 0 radical (unpaired) electrons. The number of hydrogen-bond donors (Lipinski definition) is 2. The maximum Gasteiger partial charge on any atom is 0.269 e. The zero-order valence-electron chi connectivity index (χ0n) is 6.27. The Morgan fingerprint density at radius 2 is 2.08 bits per heavy atom. The van der Waals surface area contributed by atoms with Crippen molar-refractivity contribution in [3.05, 3.63) is 29.8 Å². The van der Waals surface area contributed by atoms with Crippen LogP contribution in [0.1, 0.15) is 5.56 Å². The molecule has 0 aliphatic heterocycles. The van der Waals surface area contributed by atoms with Crippen molar-refractivity contribution in [2.75, 3.05) is 5.73 Å². The Morgan fingerprint density at radius 3 is 2.58 bits per heavy atom. The molecule has 4 nitrogen and oxygen atoms in total. The van der Waals surface area contributed by atoms with Gasteiger partial charge in [0.25, 0.3) is 10.1 Å². The average molecular weight is 187 g/mol. The van der Waals surface area contributed by atoms with E-state index in [0.29, 0.717) is 11.3 Å². The molecule has 66 valence electrons. The van der Waals surface area contributed by atoms with Gasteiger partial charge in [0.15, 0.2) is 0 Å². The van der Waals surface area contributed by atoms with Crippen molar-refractivity contribution < 1.29 is 13.0 Å². The lowest BCUT2D eigenvalue weighted by atomic mass is 10.2. The summed E-state index contributed by atoms with van der Waals surface area (Å²) in [6.07, 6.45) is 0. The molecular weight excluding hydrogens is 178 g/mol. The van der Waals surface area contributed by atoms with Gasteiger partial charge in [-0.25, -0.2) is 0 Å². The van der Waals surface area contributed by atoms with Gasteiger partial charge >= 0.3 is 0 Å². The van der Waals surface area contributed by atoms with E-state index in [1.54, 1.807) is 18.2 Å². The van der Waals surface area contributed by atoms with Gasteiger partial charge in [-0.1, -0.05) is 12.1 Å². The lowest BCUT2D eigenvalue weighted by molar-refractivity contribution is 0.482. The van der Waals surface area contributed by atoms with E-state index in [0.717, 1.165) is 0 Å². The van der Waals surface area contributed by atoms with Crippen molar-refractivity contribution in [2.24, 2.45) is 0 Å². The molecule has 1 aromatic carbocycles. The number of rotatable bonds is 2. The molecule has 0 spiro atoms. The van der Waals surface area contributed by atoms with E-state index < -0.39 is 15.9 Å². The van der Waals surface area contributed by atoms with Crippen molar-refractivity contribution in [1.29, 1.82) is 0 Å². The molecule has 0 fully saturated rings. The molecule has 1 rings (SSSR count). The van der Waals surface area contributed by atoms with Gasteiger partial charge in [0, 0.05) is 5.69 Å². The summed E-state index contributed by atoms with van der Waals surface area (Å²) < 4.78 is 29.3. The van der Waals surface area contributed by atoms with Crippen LogP contribution < -0.4 is 5.73 Å². The second kappa shape index (κ2) is 3.12. The first-order chi connectivity index (χ1) is 5.47. The zero-order valence-corrected chi connectivity index (χ0v) is 7.08. The number of nitrogens with two attached hydrogens (primary N) is 1. The quantitative estimate of drug-likeness (QED) is 0.526. The van der Waals surface area contributed by atoms with Gasteiger partial charge in [-0.2, -0.15) is 8.42 Å². The van der Waals surface area contributed by atoms with Crippen LogP contribution in [0.15, 0.2) is 24.3 Å². The molecule has 0 unspecified atom stereocenters. The summed E-state index contributed by atoms with van der Waals surface area (Å²) in [5.41, 5.74) is 6.37. The summed E-state index contributed by atoms with van der Waals surface area (Å²) in [6.45, 7) is 0. The van der Waals surface area contributed by atoms with Crippen LogP contribution >= 0.6 is 0 Å². The molecule has 0 aliphatic carbocycles. The Morgan fingerprint density at radius 1 is 1.42 bits per heavy atom. The highest BCUT2D eigenvalue weighted by molar-refractivity contribution is 7.85. The Kier molecular flexibility index (Phi) is 2.35. The van der Waals surface area contributed by atoms with Gasteiger partial charge < -0.3 is 5.73 Å². The second-order valence-electron chi connectivity index (χ2n) is 2.47. The lowest BCUT2D eigenvalue weighted by Gasteiger charge is -1.98. The molecule has 0 saturated carbocycles. The van der Waals surface area contributed by atoms with Gasteiger partial charge in [0.05, 0.1) is 0 Å². The lowest BCUT2D eigenvalue weighted by Crippen LogP contribution is -2.01. The van der Waals surface area contributed by atoms with Crippen molar-refractivity contribution >= 4 is 15.8 Å². The minimum atomic E-state index is -3.95. The topological polar surface area (TPSA) is 80.4 Å². The van der Waals surface area contributed by atoms with Crippen LogP contribution in [-0.2, 0) is 15.9 Å². The third kappa shape index (κ3) is 2.89. The minimum Gasteiger partial charge on any atom is -0.399 e. The van der Waals surface area contributed by atoms with Gasteiger partial charge in [0.1, 0.15) is 5.75 Å². The van der Waals surface area contributed by atoms with Crippen molar-refractivity contribution in [2.45, 2.75) is 5.75 Å². The van der Waals surface area contributed by atoms with Crippen LogP contribution in [0.4, 0.5) is 5.69 Å². The molecule has 0 saturated heterocycles. The predicted molar refractivity (Wildman–Crippen MR) is 46.1 cm³/mol. The second-order valence-corrected chi connectivity index (χ2v) is 3.92. The van der Waals surface area contributed by atoms with Gasteiger partial charge in [-0.15, -0.1) is 0 Å². The fourth-order valence-corrected chi connectivity index (χ4v) is 1.49. The van der Waals surface area contributed by atoms with E-state index >= 15 is 0 Å². The molecule has 0 aliphatic rings. The fraction of sp³-hybridized carbons (Fsp3) is 0.143. The maximum atomic E-state index is 10.4. The monoisotopic (exact) mass is 187 g/mol. The molecule has 0 bridgehead atoms. The molecule has 0 aromatic heterocycles. The Bertz CT molecular complexity index is 372. The standard InChI is InChI=1S/C7H9NO3S/c8-7-3-1-2-6(4-7)5-12(9,10)11/h1-4H,5,8H2,(H,9,10,11). The predicted octanol–water partition coefficient (Wildman–Crippen LogP) is 0.657. The van der Waals surface area contributed by atoms with E-state index in [2.05, 4.69) is 0 Å². The Hall–Kier alpha value is -1.07. The molecule has 0 atom stereocenters. The van der Waals surface area contributed by atoms with E-state index in [-0.39, 0.29) is 0 Å². The van der Waals surface area contributed by atoms with E-state index in [9.17, 15) is 8.42 Å². The van der Waals surface area contributed by atoms with E-state index in [1.807, 2.05) is 0 Å². The summed E-state index contributed by atoms with van der Waals surface area (Å²) in [5, 5.41) is 0. The summed E-state index contributed by atoms with van der Waals surface area (Å²) >= 11 is 0. The summed E-state index contributed by atoms with van der Waals surface area (Å²) in [7, 11) is -3.95. The normalized spacial score (nSPS) is 11.4. The molecule has 1 aromatic rings. The molecule has 0 heterocycles. The van der Waals surface area contributed by atoms with Crippen LogP contribution in [-0.4, -0.2) is 13.0 Å². The zero-order chi connectivity index (χ0) is 9.19. The number of nitrogen functional groups attached to an aromatic ring is 1. The van der Waals surface area contributed by atoms with Gasteiger partial charge in [-0.3, -0.25) is 4.55 Å². The first kappa shape index (κ1) is 9.02. The fourth-order valence-electron chi connectivity index (χ4n) is 0.894. The van der Waals surface area contributed by atoms with Crippen molar-refractivity contribution in [1.82, 2.24) is 0 Å². The summed E-state index contributed by atoms with van der Waals surface area (Å²) in [5.74, 6) is -0.391. The van der Waals surface area contributed by atoms with Crippen LogP contribution in [0.5, 0.6) is 0 Å². The minimum absolute atomic E-state index is 0.391. The number of hydrogen-bond acceptors (Lipinski definition) is 3. The van der Waals surface area contributed by atoms with Gasteiger partial charge in [0.2, 0.25) is 0 Å². The van der Waals surface area contributed by atoms with Crippen LogP contribution in [0.3, 0.4) is 0 Å². The largest absolute Gasteiger partial charge is 0.399 e. The number of benzene rings is 1. The molecule has 12 heavy (non-hydrogen) atoms. The smallest absolute Gasteiger partial charge is 0.269 e. The van der Waals surface area contributed by atoms with E-state index in [4.69, 9.17) is 10.3 Å². The highest BCUT2D eigenvalue weighted by Crippen LogP contribution is 2.08. The summed E-state index contributed by atoms with van der Waals surface area (Å²) in [4.78, 5) is 0. The van der Waals surface area contributed by atoms with Crippen molar-refractivity contribution in [3.8, 4) is 0 Å². The highest BCUT2D eigenvalue weighted by atomic mass is 32.2. The van der Waals surface area contributed by atoms with Gasteiger partial charge in [-0.05, 0) is 17.7 Å². The average Bonchev–Trinajstić information content (AvgIpc) is 1.82. The molecule has 3 N–H and O–H groups in total. The number of anilines is 1. The molecule has 0 amide bonds. The SMILES string of the molecule is Nc1cccc(CS(=O)(=O)O)c1. The Balaban J connectivity index is 2.91. The van der Waals surface area contributed by atoms with Crippen LogP contribution in [0.25, 0.3) is 0 Å². The third-order valence-corrected chi connectivity index (χ3v) is 2.00. The first-order valence-electron chi connectivity index (χ1n) is 3.27. The van der Waals surface area contributed by atoms with E-state index in [1.165, 1.54) is 6.07 Å². The maximum absolute atomic E-state index is 10.4. The highest BCUT2D eigenvalue weighted by Gasteiger charge is 2.05. The Labute approximate surface area is 70.8 Å². The third-order valence-electron chi connectivity index (χ3n) is 1.30. The van der Waals surface area contributed by atoms with Crippen LogP contribution in [0.2, 0.25) is 0 Å². The molecular formula is C7H9NO3S. The van der Waals surface area contributed by atoms with Crippen molar-refractivity contribution in [3.63, 3.8) is 0 Å². The van der Waals surface area contributed by atoms with Crippen LogP contribution in [0, 0.1) is 0 Å². The first-order valence-corrected chi connectivity index (χ1v) is 4.88. The summed E-state index contributed by atoms with van der Waals surface area (Å²) in [6, 6.07) is 6.38.